The SMILES string of the molecule is CCNc1cncc(N(CCO)C2CCCC2)n1. The number of aliphatic hydroxyl groups is 1. The van der Waals surface area contributed by atoms with E-state index in [2.05, 4.69) is 20.2 Å². The molecule has 5 nitrogen and oxygen atoms in total. The molecule has 1 aromatic rings. The molecule has 0 saturated heterocycles. The summed E-state index contributed by atoms with van der Waals surface area (Å²) in [7, 11) is 0. The fourth-order valence-electron chi connectivity index (χ4n) is 2.57. The first-order valence-electron chi connectivity index (χ1n) is 6.78. The molecule has 0 radical (unpaired) electrons. The van der Waals surface area contributed by atoms with E-state index < -0.39 is 0 Å². The van der Waals surface area contributed by atoms with Crippen LogP contribution in [0.3, 0.4) is 0 Å². The van der Waals surface area contributed by atoms with E-state index in [1.165, 1.54) is 25.7 Å². The number of hydrogen-bond donors (Lipinski definition) is 2. The minimum atomic E-state index is 0.156. The fraction of sp³-hybridized carbons (Fsp3) is 0.692. The van der Waals surface area contributed by atoms with Crippen molar-refractivity contribution in [2.45, 2.75) is 38.6 Å². The van der Waals surface area contributed by atoms with Gasteiger partial charge < -0.3 is 15.3 Å². The van der Waals surface area contributed by atoms with E-state index in [1.54, 1.807) is 12.4 Å². The maximum atomic E-state index is 9.23. The van der Waals surface area contributed by atoms with E-state index in [-0.39, 0.29) is 6.61 Å². The highest BCUT2D eigenvalue weighted by Crippen LogP contribution is 2.27. The highest BCUT2D eigenvalue weighted by Gasteiger charge is 2.23. The van der Waals surface area contributed by atoms with E-state index in [1.807, 2.05) is 6.92 Å². The van der Waals surface area contributed by atoms with Gasteiger partial charge in [-0.15, -0.1) is 0 Å². The Morgan fingerprint density at radius 2 is 2.17 bits per heavy atom. The molecule has 0 atom stereocenters. The highest BCUT2D eigenvalue weighted by molar-refractivity contribution is 5.44. The minimum absolute atomic E-state index is 0.156. The minimum Gasteiger partial charge on any atom is -0.395 e. The van der Waals surface area contributed by atoms with Crippen molar-refractivity contribution in [1.82, 2.24) is 9.97 Å². The van der Waals surface area contributed by atoms with Gasteiger partial charge >= 0.3 is 0 Å². The van der Waals surface area contributed by atoms with Gasteiger partial charge in [0.1, 0.15) is 11.6 Å². The number of hydrogen-bond acceptors (Lipinski definition) is 5. The average Bonchev–Trinajstić information content (AvgIpc) is 2.90. The first kappa shape index (κ1) is 13.1. The Morgan fingerprint density at radius 3 is 2.83 bits per heavy atom. The molecule has 100 valence electrons. The van der Waals surface area contributed by atoms with Crippen LogP contribution in [0.2, 0.25) is 0 Å². The maximum Gasteiger partial charge on any atom is 0.149 e. The van der Waals surface area contributed by atoms with E-state index in [4.69, 9.17) is 0 Å². The molecule has 1 heterocycles. The number of nitrogens with one attached hydrogen (secondary N) is 1. The zero-order valence-electron chi connectivity index (χ0n) is 11.0. The summed E-state index contributed by atoms with van der Waals surface area (Å²) in [6.45, 7) is 3.66. The zero-order valence-corrected chi connectivity index (χ0v) is 11.0. The molecule has 1 fully saturated rings. The van der Waals surface area contributed by atoms with Crippen LogP contribution in [0.15, 0.2) is 12.4 Å². The molecule has 1 aliphatic carbocycles. The second-order valence-electron chi connectivity index (χ2n) is 4.65. The summed E-state index contributed by atoms with van der Waals surface area (Å²) in [4.78, 5) is 11.0. The predicted molar refractivity (Wildman–Crippen MR) is 72.9 cm³/mol. The Kier molecular flexibility index (Phi) is 4.75. The summed E-state index contributed by atoms with van der Waals surface area (Å²) < 4.78 is 0. The summed E-state index contributed by atoms with van der Waals surface area (Å²) in [6, 6.07) is 0.503. The van der Waals surface area contributed by atoms with Gasteiger partial charge in [-0.3, -0.25) is 4.98 Å². The second-order valence-corrected chi connectivity index (χ2v) is 4.65. The van der Waals surface area contributed by atoms with Gasteiger partial charge in [-0.25, -0.2) is 4.98 Å². The molecule has 0 amide bonds. The number of aliphatic hydroxyl groups excluding tert-OH is 1. The quantitative estimate of drug-likeness (QED) is 0.804. The predicted octanol–water partition coefficient (Wildman–Crippen LogP) is 1.65. The third-order valence-corrected chi connectivity index (χ3v) is 3.38. The van der Waals surface area contributed by atoms with Gasteiger partial charge in [0.25, 0.3) is 0 Å². The summed E-state index contributed by atoms with van der Waals surface area (Å²) in [5.74, 6) is 1.67. The van der Waals surface area contributed by atoms with E-state index >= 15 is 0 Å². The molecule has 2 rings (SSSR count). The van der Waals surface area contributed by atoms with Gasteiger partial charge in [0.05, 0.1) is 19.0 Å². The van der Waals surface area contributed by atoms with Crippen LogP contribution in [-0.2, 0) is 0 Å². The molecule has 0 aromatic carbocycles. The molecule has 5 heteroatoms. The van der Waals surface area contributed by atoms with Gasteiger partial charge in [0.2, 0.25) is 0 Å². The van der Waals surface area contributed by atoms with Crippen molar-refractivity contribution < 1.29 is 5.11 Å². The lowest BCUT2D eigenvalue weighted by atomic mass is 10.2. The Hall–Kier alpha value is -1.36. The average molecular weight is 250 g/mol. The summed E-state index contributed by atoms with van der Waals surface area (Å²) in [5.41, 5.74) is 0. The topological polar surface area (TPSA) is 61.3 Å². The van der Waals surface area contributed by atoms with Crippen LogP contribution in [0.25, 0.3) is 0 Å². The van der Waals surface area contributed by atoms with Crippen LogP contribution in [0.4, 0.5) is 11.6 Å². The maximum absolute atomic E-state index is 9.23. The van der Waals surface area contributed by atoms with Gasteiger partial charge in [0.15, 0.2) is 0 Å². The molecule has 1 aromatic heterocycles. The van der Waals surface area contributed by atoms with Crippen molar-refractivity contribution in [3.63, 3.8) is 0 Å². The molecule has 2 N–H and O–H groups in total. The normalized spacial score (nSPS) is 15.9. The first-order chi connectivity index (χ1) is 8.85. The van der Waals surface area contributed by atoms with E-state index in [9.17, 15) is 5.11 Å². The van der Waals surface area contributed by atoms with Gasteiger partial charge in [-0.05, 0) is 19.8 Å². The molecular formula is C13H22N4O. The molecule has 1 aliphatic rings. The van der Waals surface area contributed by atoms with Crippen molar-refractivity contribution in [2.24, 2.45) is 0 Å². The molecule has 0 unspecified atom stereocenters. The van der Waals surface area contributed by atoms with Crippen molar-refractivity contribution in [1.29, 1.82) is 0 Å². The number of nitrogens with zero attached hydrogens (tertiary/aromatic N) is 3. The lowest BCUT2D eigenvalue weighted by molar-refractivity contribution is 0.297. The number of rotatable bonds is 6. The Morgan fingerprint density at radius 1 is 1.39 bits per heavy atom. The summed E-state index contributed by atoms with van der Waals surface area (Å²) >= 11 is 0. The second kappa shape index (κ2) is 6.54. The molecule has 0 bridgehead atoms. The smallest absolute Gasteiger partial charge is 0.149 e. The Labute approximate surface area is 108 Å². The molecule has 0 aliphatic heterocycles. The van der Waals surface area contributed by atoms with Crippen LogP contribution in [0.5, 0.6) is 0 Å². The largest absolute Gasteiger partial charge is 0.395 e. The van der Waals surface area contributed by atoms with Crippen molar-refractivity contribution in [3.05, 3.63) is 12.4 Å². The Bertz CT molecular complexity index is 366. The number of aromatic nitrogens is 2. The highest BCUT2D eigenvalue weighted by atomic mass is 16.3. The van der Waals surface area contributed by atoms with Crippen molar-refractivity contribution in [3.8, 4) is 0 Å². The van der Waals surface area contributed by atoms with Crippen LogP contribution < -0.4 is 10.2 Å². The number of anilines is 2. The fourth-order valence-corrected chi connectivity index (χ4v) is 2.57. The lowest BCUT2D eigenvalue weighted by Crippen LogP contribution is -2.36. The third-order valence-electron chi connectivity index (χ3n) is 3.38. The first-order valence-corrected chi connectivity index (χ1v) is 6.78. The van der Waals surface area contributed by atoms with Crippen molar-refractivity contribution in [2.75, 3.05) is 29.9 Å². The molecule has 0 spiro atoms. The van der Waals surface area contributed by atoms with Gasteiger partial charge in [-0.1, -0.05) is 12.8 Å². The lowest BCUT2D eigenvalue weighted by Gasteiger charge is -2.29. The summed E-state index contributed by atoms with van der Waals surface area (Å²) in [6.07, 6.45) is 8.44. The van der Waals surface area contributed by atoms with Crippen LogP contribution >= 0.6 is 0 Å². The van der Waals surface area contributed by atoms with E-state index in [0.717, 1.165) is 18.2 Å². The van der Waals surface area contributed by atoms with Gasteiger partial charge in [-0.2, -0.15) is 0 Å². The third kappa shape index (κ3) is 3.10. The molecule has 18 heavy (non-hydrogen) atoms. The summed E-state index contributed by atoms with van der Waals surface area (Å²) in [5, 5.41) is 12.4. The monoisotopic (exact) mass is 250 g/mol. The van der Waals surface area contributed by atoms with Crippen LogP contribution in [0.1, 0.15) is 32.6 Å². The van der Waals surface area contributed by atoms with Crippen molar-refractivity contribution >= 4 is 11.6 Å². The molecular weight excluding hydrogens is 228 g/mol. The van der Waals surface area contributed by atoms with Gasteiger partial charge in [0, 0.05) is 19.1 Å². The zero-order chi connectivity index (χ0) is 12.8. The van der Waals surface area contributed by atoms with Crippen LogP contribution in [0, 0.1) is 0 Å². The standard InChI is InChI=1S/C13H22N4O/c1-2-15-12-9-14-10-13(16-12)17(7-8-18)11-5-3-4-6-11/h9-11,18H,2-8H2,1H3,(H,15,16). The van der Waals surface area contributed by atoms with Crippen LogP contribution in [-0.4, -0.2) is 40.8 Å². The van der Waals surface area contributed by atoms with E-state index in [0.29, 0.717) is 12.6 Å². The molecule has 1 saturated carbocycles. The Balaban J connectivity index is 2.15.